The molecule has 2 aliphatic rings. The highest BCUT2D eigenvalue weighted by molar-refractivity contribution is 5.90. The lowest BCUT2D eigenvalue weighted by Crippen LogP contribution is -2.49. The molecule has 0 saturated carbocycles. The number of piperazine rings is 1. The molecule has 2 saturated heterocycles. The van der Waals surface area contributed by atoms with Crippen LogP contribution in [0.25, 0.3) is 0 Å². The number of anilines is 2. The molecule has 0 aliphatic carbocycles. The Morgan fingerprint density at radius 3 is 2.50 bits per heavy atom. The number of hydrogen-bond donors (Lipinski definition) is 3. The van der Waals surface area contributed by atoms with E-state index < -0.39 is 30.0 Å². The SMILES string of the molecule is CC(=O)NC[C@H]1CN(c2ccc(N3CCN(C(=O)CCC#Cc4ccc(C[C@H](N)C(=O)O)cc4)CC3)c(F)c2)C(=O)O1. The summed E-state index contributed by atoms with van der Waals surface area (Å²) in [6, 6.07) is 10.8. The van der Waals surface area contributed by atoms with Gasteiger partial charge < -0.3 is 30.7 Å². The van der Waals surface area contributed by atoms with Gasteiger partial charge in [-0.2, -0.15) is 0 Å². The Labute approximate surface area is 243 Å². The Morgan fingerprint density at radius 2 is 1.86 bits per heavy atom. The molecule has 4 N–H and O–H groups in total. The Balaban J connectivity index is 1.22. The Bertz CT molecular complexity index is 1380. The number of nitrogens with one attached hydrogen (secondary N) is 1. The summed E-state index contributed by atoms with van der Waals surface area (Å²) in [5, 5.41) is 11.5. The summed E-state index contributed by atoms with van der Waals surface area (Å²) in [5.41, 5.74) is 7.91. The minimum Gasteiger partial charge on any atom is -0.480 e. The number of halogens is 1. The average molecular weight is 580 g/mol. The molecule has 2 aromatic rings. The van der Waals surface area contributed by atoms with Crippen molar-refractivity contribution in [3.63, 3.8) is 0 Å². The monoisotopic (exact) mass is 579 g/mol. The summed E-state index contributed by atoms with van der Waals surface area (Å²) in [5.74, 6) is 4.26. The Hall–Kier alpha value is -4.63. The quantitative estimate of drug-likeness (QED) is 0.381. The molecule has 3 amide bonds. The van der Waals surface area contributed by atoms with E-state index in [4.69, 9.17) is 15.6 Å². The number of ether oxygens (including phenoxy) is 1. The summed E-state index contributed by atoms with van der Waals surface area (Å²) in [4.78, 5) is 51.9. The number of carbonyl (C=O) groups excluding carboxylic acids is 3. The third kappa shape index (κ3) is 7.98. The summed E-state index contributed by atoms with van der Waals surface area (Å²) in [6.45, 7) is 3.62. The topological polar surface area (TPSA) is 146 Å². The molecule has 0 spiro atoms. The van der Waals surface area contributed by atoms with Crippen molar-refractivity contribution < 1.29 is 33.4 Å². The fraction of sp³-hybridized carbons (Fsp3) is 0.400. The van der Waals surface area contributed by atoms with Crippen LogP contribution in [0.3, 0.4) is 0 Å². The largest absolute Gasteiger partial charge is 0.480 e. The van der Waals surface area contributed by atoms with Crippen molar-refractivity contribution in [2.45, 2.75) is 38.3 Å². The molecule has 0 unspecified atom stereocenters. The molecule has 2 heterocycles. The number of carboxylic acid groups (broad SMARTS) is 1. The summed E-state index contributed by atoms with van der Waals surface area (Å²) >= 11 is 0. The summed E-state index contributed by atoms with van der Waals surface area (Å²) < 4.78 is 20.3. The molecule has 0 bridgehead atoms. The first-order valence-electron chi connectivity index (χ1n) is 13.7. The zero-order valence-electron chi connectivity index (χ0n) is 23.3. The second kappa shape index (κ2) is 13.8. The van der Waals surface area contributed by atoms with Crippen molar-refractivity contribution in [2.75, 3.05) is 49.1 Å². The van der Waals surface area contributed by atoms with Gasteiger partial charge in [-0.25, -0.2) is 9.18 Å². The van der Waals surface area contributed by atoms with Crippen molar-refractivity contribution in [1.82, 2.24) is 10.2 Å². The maximum absolute atomic E-state index is 15.1. The van der Waals surface area contributed by atoms with E-state index in [1.165, 1.54) is 17.9 Å². The predicted octanol–water partition coefficient (Wildman–Crippen LogP) is 1.72. The zero-order valence-corrected chi connectivity index (χ0v) is 23.3. The molecular weight excluding hydrogens is 545 g/mol. The number of carbonyl (C=O) groups is 4. The van der Waals surface area contributed by atoms with E-state index in [-0.39, 0.29) is 37.7 Å². The van der Waals surface area contributed by atoms with Gasteiger partial charge in [0.2, 0.25) is 11.8 Å². The van der Waals surface area contributed by atoms with Gasteiger partial charge in [-0.1, -0.05) is 24.0 Å². The molecule has 222 valence electrons. The number of cyclic esters (lactones) is 1. The van der Waals surface area contributed by atoms with E-state index in [1.807, 2.05) is 4.90 Å². The maximum Gasteiger partial charge on any atom is 0.414 e. The third-order valence-electron chi connectivity index (χ3n) is 7.09. The standard InChI is InChI=1S/C30H34FN5O6/c1-20(37)33-18-24-19-36(30(41)42-24)23-10-11-27(25(31)17-23)34-12-14-35(15-13-34)28(38)5-3-2-4-21-6-8-22(9-7-21)16-26(32)29(39)40/h6-11,17,24,26H,3,5,12-16,18-19,32H2,1H3,(H,33,37)(H,39,40)/t24-,26-/m0/s1. The minimum absolute atomic E-state index is 0.0147. The van der Waals surface area contributed by atoms with Crippen LogP contribution in [0.15, 0.2) is 42.5 Å². The number of benzene rings is 2. The number of rotatable bonds is 9. The number of nitrogens with two attached hydrogens (primary N) is 1. The summed E-state index contributed by atoms with van der Waals surface area (Å²) in [6.07, 6.45) is -0.197. The molecule has 42 heavy (non-hydrogen) atoms. The lowest BCUT2D eigenvalue weighted by atomic mass is 10.0. The van der Waals surface area contributed by atoms with Crippen LogP contribution in [-0.2, 0) is 25.5 Å². The number of aliphatic carboxylic acids is 1. The fourth-order valence-electron chi connectivity index (χ4n) is 4.77. The summed E-state index contributed by atoms with van der Waals surface area (Å²) in [7, 11) is 0. The molecule has 2 aliphatic heterocycles. The molecule has 11 nitrogen and oxygen atoms in total. The van der Waals surface area contributed by atoms with Crippen molar-refractivity contribution in [2.24, 2.45) is 5.73 Å². The van der Waals surface area contributed by atoms with Crippen LogP contribution in [-0.4, -0.2) is 85.3 Å². The van der Waals surface area contributed by atoms with Gasteiger partial charge in [-0.15, -0.1) is 0 Å². The number of carboxylic acids is 1. The Kier molecular flexibility index (Phi) is 9.98. The third-order valence-corrected chi connectivity index (χ3v) is 7.09. The van der Waals surface area contributed by atoms with Crippen molar-refractivity contribution in [1.29, 1.82) is 0 Å². The smallest absolute Gasteiger partial charge is 0.414 e. The average Bonchev–Trinajstić information content (AvgIpc) is 3.35. The van der Waals surface area contributed by atoms with Crippen LogP contribution in [0.4, 0.5) is 20.6 Å². The molecule has 2 fully saturated rings. The second-order valence-corrected chi connectivity index (χ2v) is 10.2. The highest BCUT2D eigenvalue weighted by Gasteiger charge is 2.33. The second-order valence-electron chi connectivity index (χ2n) is 10.2. The highest BCUT2D eigenvalue weighted by atomic mass is 19.1. The van der Waals surface area contributed by atoms with Gasteiger partial charge in [0.1, 0.15) is 18.0 Å². The number of amides is 3. The van der Waals surface area contributed by atoms with Gasteiger partial charge >= 0.3 is 12.1 Å². The molecular formula is C30H34FN5O6. The molecule has 2 aromatic carbocycles. The molecule has 0 radical (unpaired) electrons. The van der Waals surface area contributed by atoms with Crippen LogP contribution >= 0.6 is 0 Å². The number of nitrogens with zero attached hydrogens (tertiary/aromatic N) is 3. The first-order valence-corrected chi connectivity index (χ1v) is 13.7. The van der Waals surface area contributed by atoms with Gasteiger partial charge in [0.05, 0.1) is 24.5 Å². The Morgan fingerprint density at radius 1 is 1.14 bits per heavy atom. The van der Waals surface area contributed by atoms with Gasteiger partial charge in [0.25, 0.3) is 0 Å². The first kappa shape index (κ1) is 30.3. The lowest BCUT2D eigenvalue weighted by Gasteiger charge is -2.36. The molecule has 0 aromatic heterocycles. The zero-order chi connectivity index (χ0) is 30.2. The van der Waals surface area contributed by atoms with Crippen LogP contribution in [0.2, 0.25) is 0 Å². The van der Waals surface area contributed by atoms with Gasteiger partial charge in [0.15, 0.2) is 0 Å². The van der Waals surface area contributed by atoms with Gasteiger partial charge in [-0.3, -0.25) is 19.3 Å². The van der Waals surface area contributed by atoms with Crippen LogP contribution in [0.5, 0.6) is 0 Å². The van der Waals surface area contributed by atoms with E-state index in [0.29, 0.717) is 44.0 Å². The number of hydrogen-bond acceptors (Lipinski definition) is 7. The van der Waals surface area contributed by atoms with Crippen LogP contribution < -0.4 is 20.9 Å². The molecule has 12 heteroatoms. The van der Waals surface area contributed by atoms with Crippen LogP contribution in [0.1, 0.15) is 30.9 Å². The van der Waals surface area contributed by atoms with Crippen molar-refractivity contribution in [3.8, 4) is 11.8 Å². The van der Waals surface area contributed by atoms with E-state index >= 15 is 4.39 Å². The van der Waals surface area contributed by atoms with Gasteiger partial charge in [-0.05, 0) is 42.3 Å². The van der Waals surface area contributed by atoms with Gasteiger partial charge in [0, 0.05) is 51.5 Å². The van der Waals surface area contributed by atoms with Crippen LogP contribution in [0, 0.1) is 17.7 Å². The molecule has 4 rings (SSSR count). The van der Waals surface area contributed by atoms with Crippen molar-refractivity contribution in [3.05, 3.63) is 59.4 Å². The van der Waals surface area contributed by atoms with E-state index in [2.05, 4.69) is 17.2 Å². The normalized spacial score (nSPS) is 17.3. The highest BCUT2D eigenvalue weighted by Crippen LogP contribution is 2.28. The lowest BCUT2D eigenvalue weighted by molar-refractivity contribution is -0.138. The minimum atomic E-state index is -1.05. The molecule has 2 atom stereocenters. The van der Waals surface area contributed by atoms with E-state index in [9.17, 15) is 19.2 Å². The first-order chi connectivity index (χ1) is 20.1. The van der Waals surface area contributed by atoms with Crippen molar-refractivity contribution >= 4 is 35.3 Å². The predicted molar refractivity (Wildman–Crippen MR) is 153 cm³/mol. The van der Waals surface area contributed by atoms with E-state index in [0.717, 1.165) is 11.1 Å². The fourth-order valence-corrected chi connectivity index (χ4v) is 4.77. The van der Waals surface area contributed by atoms with E-state index in [1.54, 1.807) is 41.3 Å². The maximum atomic E-state index is 15.1.